The van der Waals surface area contributed by atoms with E-state index in [-0.39, 0.29) is 11.3 Å². The van der Waals surface area contributed by atoms with Gasteiger partial charge >= 0.3 is 0 Å². The SMILES string of the molecule is CNC(=O)c1c(N)ccc(C2=CCN(C)CC2)c1F. The standard InChI is InChI=1S/C14H18FN3O/c1-17-14(19)12-11(16)4-3-10(13(12)15)9-5-7-18(2)8-6-9/h3-5H,6-8,16H2,1-2H3,(H,17,19). The molecule has 1 aromatic carbocycles. The first-order valence-corrected chi connectivity index (χ1v) is 6.22. The zero-order valence-corrected chi connectivity index (χ0v) is 11.2. The number of hydrogen-bond donors (Lipinski definition) is 2. The minimum absolute atomic E-state index is 0.0696. The second-order valence-corrected chi connectivity index (χ2v) is 4.71. The number of likely N-dealkylation sites (N-methyl/N-ethyl adjacent to an activating group) is 1. The van der Waals surface area contributed by atoms with E-state index in [4.69, 9.17) is 5.73 Å². The highest BCUT2D eigenvalue weighted by Gasteiger charge is 2.20. The number of hydrogen-bond acceptors (Lipinski definition) is 3. The molecular formula is C14H18FN3O. The fourth-order valence-corrected chi connectivity index (χ4v) is 2.21. The number of amides is 1. The molecule has 3 N–H and O–H groups in total. The van der Waals surface area contributed by atoms with Crippen molar-refractivity contribution in [2.45, 2.75) is 6.42 Å². The predicted octanol–water partition coefficient (Wildman–Crippen LogP) is 1.49. The molecule has 0 atom stereocenters. The fraction of sp³-hybridized carbons (Fsp3) is 0.357. The van der Waals surface area contributed by atoms with Gasteiger partial charge in [0.15, 0.2) is 0 Å². The van der Waals surface area contributed by atoms with Crippen molar-refractivity contribution in [1.82, 2.24) is 10.2 Å². The second kappa shape index (κ2) is 5.40. The van der Waals surface area contributed by atoms with Gasteiger partial charge in [-0.15, -0.1) is 0 Å². The van der Waals surface area contributed by atoms with Crippen LogP contribution in [0.25, 0.3) is 5.57 Å². The Balaban J connectivity index is 2.46. The molecule has 1 amide bonds. The monoisotopic (exact) mass is 263 g/mol. The first-order chi connectivity index (χ1) is 9.04. The van der Waals surface area contributed by atoms with E-state index in [0.717, 1.165) is 25.1 Å². The average molecular weight is 263 g/mol. The summed E-state index contributed by atoms with van der Waals surface area (Å²) in [6.45, 7) is 1.67. The molecule has 1 aliphatic rings. The Kier molecular flexibility index (Phi) is 3.85. The van der Waals surface area contributed by atoms with Gasteiger partial charge in [0, 0.05) is 31.4 Å². The predicted molar refractivity (Wildman–Crippen MR) is 74.3 cm³/mol. The Hall–Kier alpha value is -1.88. The lowest BCUT2D eigenvalue weighted by atomic mass is 9.96. The minimum atomic E-state index is -0.532. The maximum atomic E-state index is 14.5. The average Bonchev–Trinajstić information content (AvgIpc) is 2.40. The van der Waals surface area contributed by atoms with Crippen molar-refractivity contribution in [2.24, 2.45) is 0 Å². The van der Waals surface area contributed by atoms with Crippen LogP contribution in [0.5, 0.6) is 0 Å². The summed E-state index contributed by atoms with van der Waals surface area (Å²) in [5.41, 5.74) is 7.19. The van der Waals surface area contributed by atoms with Crippen molar-refractivity contribution in [1.29, 1.82) is 0 Å². The maximum Gasteiger partial charge on any atom is 0.256 e. The van der Waals surface area contributed by atoms with Gasteiger partial charge in [0.1, 0.15) is 5.82 Å². The number of benzene rings is 1. The number of anilines is 1. The lowest BCUT2D eigenvalue weighted by Crippen LogP contribution is -2.25. The molecule has 0 unspecified atom stereocenters. The molecule has 0 saturated carbocycles. The number of carbonyl (C=O) groups excluding carboxylic acids is 1. The highest BCUT2D eigenvalue weighted by Crippen LogP contribution is 2.28. The van der Waals surface area contributed by atoms with Gasteiger partial charge in [-0.25, -0.2) is 4.39 Å². The third-order valence-corrected chi connectivity index (χ3v) is 3.39. The summed E-state index contributed by atoms with van der Waals surface area (Å²) >= 11 is 0. The van der Waals surface area contributed by atoms with E-state index in [2.05, 4.69) is 10.2 Å². The Morgan fingerprint density at radius 1 is 1.47 bits per heavy atom. The normalized spacial score (nSPS) is 16.1. The molecule has 0 aromatic heterocycles. The zero-order valence-electron chi connectivity index (χ0n) is 11.2. The van der Waals surface area contributed by atoms with Gasteiger partial charge in [-0.3, -0.25) is 4.79 Å². The molecule has 1 heterocycles. The zero-order chi connectivity index (χ0) is 14.0. The van der Waals surface area contributed by atoms with Crippen LogP contribution >= 0.6 is 0 Å². The molecule has 1 aliphatic heterocycles. The fourth-order valence-electron chi connectivity index (χ4n) is 2.21. The Bertz CT molecular complexity index is 540. The molecule has 2 rings (SSSR count). The first kappa shape index (κ1) is 13.5. The van der Waals surface area contributed by atoms with E-state index in [1.54, 1.807) is 12.1 Å². The van der Waals surface area contributed by atoms with Crippen molar-refractivity contribution in [3.63, 3.8) is 0 Å². The van der Waals surface area contributed by atoms with Gasteiger partial charge in [0.2, 0.25) is 0 Å². The molecule has 5 heteroatoms. The lowest BCUT2D eigenvalue weighted by molar-refractivity contribution is 0.0960. The summed E-state index contributed by atoms with van der Waals surface area (Å²) in [4.78, 5) is 13.8. The molecule has 1 aromatic rings. The van der Waals surface area contributed by atoms with Gasteiger partial charge in [-0.1, -0.05) is 6.08 Å². The van der Waals surface area contributed by atoms with E-state index >= 15 is 0 Å². The van der Waals surface area contributed by atoms with Crippen LogP contribution in [-0.4, -0.2) is 38.0 Å². The Morgan fingerprint density at radius 3 is 2.79 bits per heavy atom. The third-order valence-electron chi connectivity index (χ3n) is 3.39. The van der Waals surface area contributed by atoms with Crippen LogP contribution in [0.15, 0.2) is 18.2 Å². The third kappa shape index (κ3) is 2.61. The van der Waals surface area contributed by atoms with Gasteiger partial charge in [-0.05, 0) is 31.2 Å². The molecule has 102 valence electrons. The van der Waals surface area contributed by atoms with E-state index < -0.39 is 11.7 Å². The number of nitrogens with zero attached hydrogens (tertiary/aromatic N) is 1. The number of carbonyl (C=O) groups is 1. The highest BCUT2D eigenvalue weighted by atomic mass is 19.1. The number of nitrogen functional groups attached to an aromatic ring is 1. The Labute approximate surface area is 112 Å². The minimum Gasteiger partial charge on any atom is -0.398 e. The van der Waals surface area contributed by atoms with E-state index in [0.29, 0.717) is 5.56 Å². The van der Waals surface area contributed by atoms with E-state index in [1.165, 1.54) is 7.05 Å². The molecule has 0 aliphatic carbocycles. The van der Waals surface area contributed by atoms with Gasteiger partial charge in [-0.2, -0.15) is 0 Å². The number of rotatable bonds is 2. The quantitative estimate of drug-likeness (QED) is 0.795. The van der Waals surface area contributed by atoms with E-state index in [9.17, 15) is 9.18 Å². The number of halogens is 1. The molecular weight excluding hydrogens is 245 g/mol. The smallest absolute Gasteiger partial charge is 0.256 e. The van der Waals surface area contributed by atoms with Crippen LogP contribution < -0.4 is 11.1 Å². The van der Waals surface area contributed by atoms with Crippen LogP contribution in [0.1, 0.15) is 22.3 Å². The summed E-state index contributed by atoms with van der Waals surface area (Å²) in [6, 6.07) is 3.23. The number of nitrogens with one attached hydrogen (secondary N) is 1. The molecule has 19 heavy (non-hydrogen) atoms. The summed E-state index contributed by atoms with van der Waals surface area (Å²) in [6.07, 6.45) is 2.76. The molecule has 0 spiro atoms. The van der Waals surface area contributed by atoms with Gasteiger partial charge < -0.3 is 16.0 Å². The van der Waals surface area contributed by atoms with Crippen molar-refractivity contribution < 1.29 is 9.18 Å². The maximum absolute atomic E-state index is 14.5. The Morgan fingerprint density at radius 2 is 2.21 bits per heavy atom. The molecule has 0 radical (unpaired) electrons. The highest BCUT2D eigenvalue weighted by molar-refractivity contribution is 6.00. The topological polar surface area (TPSA) is 58.4 Å². The van der Waals surface area contributed by atoms with Crippen LogP contribution in [0.3, 0.4) is 0 Å². The molecule has 0 fully saturated rings. The van der Waals surface area contributed by atoms with Crippen LogP contribution in [0, 0.1) is 5.82 Å². The second-order valence-electron chi connectivity index (χ2n) is 4.71. The molecule has 0 bridgehead atoms. The van der Waals surface area contributed by atoms with Gasteiger partial charge in [0.25, 0.3) is 5.91 Å². The molecule has 4 nitrogen and oxygen atoms in total. The largest absolute Gasteiger partial charge is 0.398 e. The van der Waals surface area contributed by atoms with Crippen LogP contribution in [0.2, 0.25) is 0 Å². The number of nitrogens with two attached hydrogens (primary N) is 1. The lowest BCUT2D eigenvalue weighted by Gasteiger charge is -2.23. The van der Waals surface area contributed by atoms with Crippen LogP contribution in [0.4, 0.5) is 10.1 Å². The van der Waals surface area contributed by atoms with E-state index in [1.807, 2.05) is 13.1 Å². The van der Waals surface area contributed by atoms with Crippen molar-refractivity contribution >= 4 is 17.2 Å². The van der Waals surface area contributed by atoms with Crippen LogP contribution in [-0.2, 0) is 0 Å². The van der Waals surface area contributed by atoms with Crippen molar-refractivity contribution in [2.75, 3.05) is 32.9 Å². The summed E-state index contributed by atoms with van der Waals surface area (Å²) in [7, 11) is 3.48. The van der Waals surface area contributed by atoms with Gasteiger partial charge in [0.05, 0.1) is 5.56 Å². The van der Waals surface area contributed by atoms with Crippen molar-refractivity contribution in [3.8, 4) is 0 Å². The van der Waals surface area contributed by atoms with Crippen molar-refractivity contribution in [3.05, 3.63) is 35.2 Å². The first-order valence-electron chi connectivity index (χ1n) is 6.22. The molecule has 0 saturated heterocycles. The summed E-state index contributed by atoms with van der Waals surface area (Å²) < 4.78 is 14.5. The summed E-state index contributed by atoms with van der Waals surface area (Å²) in [5.74, 6) is -1.03. The summed E-state index contributed by atoms with van der Waals surface area (Å²) in [5, 5.41) is 2.41.